The molecular formula is C16H25NO2. The fraction of sp³-hybridized carbons (Fsp3) is 0.625. The van der Waals surface area contributed by atoms with Crippen LogP contribution in [-0.4, -0.2) is 32.5 Å². The van der Waals surface area contributed by atoms with E-state index in [2.05, 4.69) is 43.4 Å². The van der Waals surface area contributed by atoms with Crippen LogP contribution in [0.4, 0.5) is 0 Å². The molecular weight excluding hydrogens is 238 g/mol. The van der Waals surface area contributed by atoms with E-state index >= 15 is 0 Å². The maximum atomic E-state index is 5.86. The number of benzene rings is 1. The third kappa shape index (κ3) is 4.03. The zero-order valence-electron chi connectivity index (χ0n) is 12.0. The lowest BCUT2D eigenvalue weighted by Crippen LogP contribution is -2.40. The molecule has 1 fully saturated rings. The van der Waals surface area contributed by atoms with Crippen LogP contribution in [0.3, 0.4) is 0 Å². The van der Waals surface area contributed by atoms with Crippen LogP contribution < -0.4 is 5.32 Å². The third-order valence-corrected chi connectivity index (χ3v) is 3.49. The molecule has 1 aromatic carbocycles. The smallest absolute Gasteiger partial charge is 0.100 e. The van der Waals surface area contributed by atoms with Gasteiger partial charge in [0.25, 0.3) is 0 Å². The molecule has 3 nitrogen and oxygen atoms in total. The van der Waals surface area contributed by atoms with Crippen LogP contribution in [0.2, 0.25) is 0 Å². The first-order valence-electron chi connectivity index (χ1n) is 7.36. The number of ether oxygens (including phenoxy) is 2. The van der Waals surface area contributed by atoms with Crippen molar-refractivity contribution in [3.8, 4) is 0 Å². The standard InChI is InChI=1S/C16H25NO2/c1-3-6-13-7-5-8-14(11-13)16(17-4-2)15-12-18-9-10-19-15/h5,7-8,11,15-17H,3-4,6,9-10,12H2,1-2H3. The molecule has 0 bridgehead atoms. The summed E-state index contributed by atoms with van der Waals surface area (Å²) in [5.74, 6) is 0. The Morgan fingerprint density at radius 3 is 2.89 bits per heavy atom. The molecule has 0 radical (unpaired) electrons. The second-order valence-electron chi connectivity index (χ2n) is 5.01. The highest BCUT2D eigenvalue weighted by atomic mass is 16.6. The summed E-state index contributed by atoms with van der Waals surface area (Å²) in [5, 5.41) is 3.53. The van der Waals surface area contributed by atoms with Crippen molar-refractivity contribution < 1.29 is 9.47 Å². The first kappa shape index (κ1) is 14.5. The molecule has 2 rings (SSSR count). The molecule has 106 valence electrons. The normalized spacial score (nSPS) is 21.3. The van der Waals surface area contributed by atoms with Crippen molar-refractivity contribution in [3.05, 3.63) is 35.4 Å². The van der Waals surface area contributed by atoms with E-state index in [0.717, 1.165) is 13.0 Å². The van der Waals surface area contributed by atoms with Gasteiger partial charge in [-0.05, 0) is 24.1 Å². The van der Waals surface area contributed by atoms with Gasteiger partial charge < -0.3 is 14.8 Å². The molecule has 0 saturated carbocycles. The highest BCUT2D eigenvalue weighted by Crippen LogP contribution is 2.23. The molecule has 1 aliphatic heterocycles. The van der Waals surface area contributed by atoms with Crippen molar-refractivity contribution in [1.29, 1.82) is 0 Å². The Morgan fingerprint density at radius 2 is 2.21 bits per heavy atom. The Hall–Kier alpha value is -0.900. The van der Waals surface area contributed by atoms with Crippen molar-refractivity contribution in [1.82, 2.24) is 5.32 Å². The van der Waals surface area contributed by atoms with Gasteiger partial charge in [0.1, 0.15) is 6.10 Å². The largest absolute Gasteiger partial charge is 0.376 e. The summed E-state index contributed by atoms with van der Waals surface area (Å²) in [6.45, 7) is 7.36. The molecule has 1 heterocycles. The van der Waals surface area contributed by atoms with Gasteiger partial charge in [-0.2, -0.15) is 0 Å². The predicted molar refractivity (Wildman–Crippen MR) is 77.4 cm³/mol. The minimum atomic E-state index is 0.116. The summed E-state index contributed by atoms with van der Waals surface area (Å²) in [4.78, 5) is 0. The van der Waals surface area contributed by atoms with Crippen LogP contribution in [0, 0.1) is 0 Å². The maximum absolute atomic E-state index is 5.86. The van der Waals surface area contributed by atoms with E-state index in [0.29, 0.717) is 19.8 Å². The van der Waals surface area contributed by atoms with Gasteiger partial charge in [0.15, 0.2) is 0 Å². The monoisotopic (exact) mass is 263 g/mol. The molecule has 1 aliphatic rings. The van der Waals surface area contributed by atoms with Crippen LogP contribution in [0.5, 0.6) is 0 Å². The Kier molecular flexibility index (Phi) is 5.83. The number of likely N-dealkylation sites (N-methyl/N-ethyl adjacent to an activating group) is 1. The van der Waals surface area contributed by atoms with E-state index in [9.17, 15) is 0 Å². The highest BCUT2D eigenvalue weighted by molar-refractivity contribution is 5.27. The lowest BCUT2D eigenvalue weighted by atomic mass is 9.97. The highest BCUT2D eigenvalue weighted by Gasteiger charge is 2.25. The average Bonchev–Trinajstić information content (AvgIpc) is 2.46. The van der Waals surface area contributed by atoms with E-state index < -0.39 is 0 Å². The summed E-state index contributed by atoms with van der Waals surface area (Å²) in [6.07, 6.45) is 2.43. The fourth-order valence-corrected chi connectivity index (χ4v) is 2.61. The first-order chi connectivity index (χ1) is 9.35. The Labute approximate surface area is 116 Å². The van der Waals surface area contributed by atoms with E-state index in [4.69, 9.17) is 9.47 Å². The number of hydrogen-bond acceptors (Lipinski definition) is 3. The minimum Gasteiger partial charge on any atom is -0.376 e. The quantitative estimate of drug-likeness (QED) is 0.856. The summed E-state index contributed by atoms with van der Waals surface area (Å²) >= 11 is 0. The van der Waals surface area contributed by atoms with E-state index in [1.165, 1.54) is 17.5 Å². The van der Waals surface area contributed by atoms with Crippen LogP contribution in [0.15, 0.2) is 24.3 Å². The minimum absolute atomic E-state index is 0.116. The maximum Gasteiger partial charge on any atom is 0.100 e. The Balaban J connectivity index is 2.14. The zero-order valence-corrected chi connectivity index (χ0v) is 12.0. The van der Waals surface area contributed by atoms with Gasteiger partial charge in [0, 0.05) is 0 Å². The molecule has 2 atom stereocenters. The van der Waals surface area contributed by atoms with Crippen molar-refractivity contribution in [2.45, 2.75) is 38.8 Å². The number of rotatable bonds is 6. The third-order valence-electron chi connectivity index (χ3n) is 3.49. The second-order valence-corrected chi connectivity index (χ2v) is 5.01. The molecule has 1 aromatic rings. The Morgan fingerprint density at radius 1 is 1.32 bits per heavy atom. The van der Waals surface area contributed by atoms with E-state index in [1.54, 1.807) is 0 Å². The van der Waals surface area contributed by atoms with E-state index in [-0.39, 0.29) is 12.1 Å². The fourth-order valence-electron chi connectivity index (χ4n) is 2.61. The van der Waals surface area contributed by atoms with Crippen LogP contribution >= 0.6 is 0 Å². The van der Waals surface area contributed by atoms with Crippen molar-refractivity contribution in [3.63, 3.8) is 0 Å². The second kappa shape index (κ2) is 7.63. The van der Waals surface area contributed by atoms with Crippen molar-refractivity contribution in [2.24, 2.45) is 0 Å². The van der Waals surface area contributed by atoms with Gasteiger partial charge in [-0.1, -0.05) is 44.5 Å². The summed E-state index contributed by atoms with van der Waals surface area (Å²) < 4.78 is 11.4. The average molecular weight is 263 g/mol. The lowest BCUT2D eigenvalue weighted by Gasteiger charge is -2.31. The summed E-state index contributed by atoms with van der Waals surface area (Å²) in [7, 11) is 0. The predicted octanol–water partition coefficient (Wildman–Crippen LogP) is 2.71. The molecule has 0 aliphatic carbocycles. The summed E-state index contributed by atoms with van der Waals surface area (Å²) in [6, 6.07) is 9.06. The van der Waals surface area contributed by atoms with Gasteiger partial charge in [0.05, 0.1) is 25.9 Å². The first-order valence-corrected chi connectivity index (χ1v) is 7.36. The Bertz CT molecular complexity index is 375. The molecule has 19 heavy (non-hydrogen) atoms. The van der Waals surface area contributed by atoms with Gasteiger partial charge in [-0.3, -0.25) is 0 Å². The van der Waals surface area contributed by atoms with Gasteiger partial charge in [-0.25, -0.2) is 0 Å². The van der Waals surface area contributed by atoms with E-state index in [1.807, 2.05) is 0 Å². The van der Waals surface area contributed by atoms with Crippen LogP contribution in [0.25, 0.3) is 0 Å². The van der Waals surface area contributed by atoms with Crippen molar-refractivity contribution in [2.75, 3.05) is 26.4 Å². The SMILES string of the molecule is CCCc1cccc(C(NCC)C2COCCO2)c1. The lowest BCUT2D eigenvalue weighted by molar-refractivity contribution is -0.102. The molecule has 2 unspecified atom stereocenters. The molecule has 3 heteroatoms. The molecule has 1 N–H and O–H groups in total. The topological polar surface area (TPSA) is 30.5 Å². The van der Waals surface area contributed by atoms with Crippen LogP contribution in [0.1, 0.15) is 37.4 Å². The molecule has 0 amide bonds. The van der Waals surface area contributed by atoms with Gasteiger partial charge in [0.2, 0.25) is 0 Å². The number of nitrogens with one attached hydrogen (secondary N) is 1. The van der Waals surface area contributed by atoms with Crippen LogP contribution in [-0.2, 0) is 15.9 Å². The van der Waals surface area contributed by atoms with Gasteiger partial charge >= 0.3 is 0 Å². The summed E-state index contributed by atoms with van der Waals surface area (Å²) in [5.41, 5.74) is 2.71. The van der Waals surface area contributed by atoms with Gasteiger partial charge in [-0.15, -0.1) is 0 Å². The molecule has 0 spiro atoms. The molecule has 1 saturated heterocycles. The molecule has 0 aromatic heterocycles. The zero-order chi connectivity index (χ0) is 13.5. The number of aryl methyl sites for hydroxylation is 1. The number of hydrogen-bond donors (Lipinski definition) is 1. The van der Waals surface area contributed by atoms with Crippen molar-refractivity contribution >= 4 is 0 Å².